The standard InChI is InChI=1S/C11H21N2O4P/c1-10(12-13-7-5-4-6-8-13)11(14)9-18(15,16-2)17-3/h4-9H2,1-3H3/b12-10+. The molecule has 0 radical (unpaired) electrons. The van der Waals surface area contributed by atoms with E-state index in [-0.39, 0.29) is 11.9 Å². The van der Waals surface area contributed by atoms with Crippen LogP contribution in [0.5, 0.6) is 0 Å². The molecule has 1 fully saturated rings. The smallest absolute Gasteiger partial charge is 0.312 e. The lowest BCUT2D eigenvalue weighted by Gasteiger charge is -2.24. The highest BCUT2D eigenvalue weighted by atomic mass is 31.2. The number of hydrogen-bond acceptors (Lipinski definition) is 6. The van der Waals surface area contributed by atoms with E-state index in [2.05, 4.69) is 5.10 Å². The van der Waals surface area contributed by atoms with Crippen LogP contribution in [0.3, 0.4) is 0 Å². The number of hydrazone groups is 1. The van der Waals surface area contributed by atoms with Crippen LogP contribution in [0, 0.1) is 0 Å². The summed E-state index contributed by atoms with van der Waals surface area (Å²) in [5.41, 5.74) is 0.353. The average Bonchev–Trinajstić information content (AvgIpc) is 2.39. The Kier molecular flexibility index (Phi) is 5.99. The molecule has 0 saturated carbocycles. The highest BCUT2D eigenvalue weighted by Crippen LogP contribution is 2.46. The molecule has 104 valence electrons. The third-order valence-corrected chi connectivity index (χ3v) is 4.71. The lowest BCUT2D eigenvalue weighted by molar-refractivity contribution is -0.111. The number of Topliss-reactive ketones (excluding diaryl/α,β-unsaturated/α-hetero) is 1. The fourth-order valence-electron chi connectivity index (χ4n) is 1.74. The van der Waals surface area contributed by atoms with Gasteiger partial charge in [-0.05, 0) is 26.2 Å². The van der Waals surface area contributed by atoms with E-state index < -0.39 is 7.60 Å². The minimum Gasteiger partial charge on any atom is -0.312 e. The molecular formula is C11H21N2O4P. The van der Waals surface area contributed by atoms with Gasteiger partial charge >= 0.3 is 7.60 Å². The van der Waals surface area contributed by atoms with E-state index in [1.165, 1.54) is 20.6 Å². The van der Waals surface area contributed by atoms with Crippen LogP contribution in [0.15, 0.2) is 5.10 Å². The van der Waals surface area contributed by atoms with Gasteiger partial charge in [-0.15, -0.1) is 0 Å². The molecule has 0 aliphatic carbocycles. The maximum absolute atomic E-state index is 11.9. The van der Waals surface area contributed by atoms with Gasteiger partial charge < -0.3 is 9.05 Å². The van der Waals surface area contributed by atoms with Crippen molar-refractivity contribution in [2.75, 3.05) is 33.5 Å². The molecule has 7 heteroatoms. The monoisotopic (exact) mass is 276 g/mol. The van der Waals surface area contributed by atoms with E-state index in [0.717, 1.165) is 25.9 Å². The predicted octanol–water partition coefficient (Wildman–Crippen LogP) is 1.90. The Morgan fingerprint density at radius 2 is 1.78 bits per heavy atom. The van der Waals surface area contributed by atoms with Gasteiger partial charge in [0, 0.05) is 27.3 Å². The zero-order valence-electron chi connectivity index (χ0n) is 11.2. The minimum atomic E-state index is -3.29. The van der Waals surface area contributed by atoms with E-state index in [1.54, 1.807) is 6.92 Å². The second-order valence-electron chi connectivity index (χ2n) is 4.26. The number of carbonyl (C=O) groups is 1. The second kappa shape index (κ2) is 7.02. The number of nitrogens with zero attached hydrogens (tertiary/aromatic N) is 2. The molecule has 0 aromatic carbocycles. The zero-order chi connectivity index (χ0) is 13.6. The fraction of sp³-hybridized carbons (Fsp3) is 0.818. The molecule has 1 saturated heterocycles. The number of ketones is 1. The van der Waals surface area contributed by atoms with Gasteiger partial charge in [-0.1, -0.05) is 0 Å². The van der Waals surface area contributed by atoms with Crippen molar-refractivity contribution < 1.29 is 18.4 Å². The summed E-state index contributed by atoms with van der Waals surface area (Å²) in [4.78, 5) is 11.9. The molecule has 1 heterocycles. The maximum Gasteiger partial charge on any atom is 0.337 e. The summed E-state index contributed by atoms with van der Waals surface area (Å²) in [6.07, 6.45) is 3.14. The van der Waals surface area contributed by atoms with Crippen molar-refractivity contribution in [2.24, 2.45) is 5.10 Å². The largest absolute Gasteiger partial charge is 0.337 e. The van der Waals surface area contributed by atoms with Crippen LogP contribution in [0.2, 0.25) is 0 Å². The van der Waals surface area contributed by atoms with Crippen LogP contribution in [0.25, 0.3) is 0 Å². The van der Waals surface area contributed by atoms with Crippen molar-refractivity contribution in [3.05, 3.63) is 0 Å². The summed E-state index contributed by atoms with van der Waals surface area (Å²) < 4.78 is 21.3. The number of carbonyl (C=O) groups excluding carboxylic acids is 1. The van der Waals surface area contributed by atoms with Crippen LogP contribution >= 0.6 is 7.60 Å². The normalized spacial score (nSPS) is 17.9. The van der Waals surface area contributed by atoms with Crippen molar-refractivity contribution in [1.29, 1.82) is 0 Å². The molecule has 1 aliphatic rings. The number of piperidine rings is 1. The molecule has 0 aromatic rings. The maximum atomic E-state index is 11.9. The number of hydrogen-bond donors (Lipinski definition) is 0. The molecule has 1 aliphatic heterocycles. The van der Waals surface area contributed by atoms with Gasteiger partial charge in [-0.2, -0.15) is 5.10 Å². The van der Waals surface area contributed by atoms with E-state index in [1.807, 2.05) is 5.01 Å². The lowest BCUT2D eigenvalue weighted by atomic mass is 10.2. The van der Waals surface area contributed by atoms with Crippen LogP contribution in [0.4, 0.5) is 0 Å². The molecule has 1 rings (SSSR count). The summed E-state index contributed by atoms with van der Waals surface area (Å²) in [6, 6.07) is 0. The molecule has 0 N–H and O–H groups in total. The molecule has 0 unspecified atom stereocenters. The molecule has 0 aromatic heterocycles. The van der Waals surface area contributed by atoms with Gasteiger partial charge in [0.2, 0.25) is 0 Å². The Morgan fingerprint density at radius 3 is 2.28 bits per heavy atom. The van der Waals surface area contributed by atoms with Gasteiger partial charge in [0.05, 0.1) is 0 Å². The van der Waals surface area contributed by atoms with E-state index in [9.17, 15) is 9.36 Å². The van der Waals surface area contributed by atoms with E-state index in [4.69, 9.17) is 9.05 Å². The first-order valence-electron chi connectivity index (χ1n) is 6.04. The fourth-order valence-corrected chi connectivity index (χ4v) is 2.73. The van der Waals surface area contributed by atoms with Gasteiger partial charge in [0.1, 0.15) is 11.9 Å². The van der Waals surface area contributed by atoms with Gasteiger partial charge in [0.15, 0.2) is 5.78 Å². The Bertz CT molecular complexity index is 356. The lowest BCUT2D eigenvalue weighted by Crippen LogP contribution is -2.28. The molecule has 6 nitrogen and oxygen atoms in total. The average molecular weight is 276 g/mol. The highest BCUT2D eigenvalue weighted by molar-refractivity contribution is 7.55. The zero-order valence-corrected chi connectivity index (χ0v) is 12.1. The Morgan fingerprint density at radius 1 is 1.22 bits per heavy atom. The SMILES string of the molecule is COP(=O)(CC(=O)/C(C)=N/N1CCCCC1)OC. The second-order valence-corrected chi connectivity index (χ2v) is 6.53. The summed E-state index contributed by atoms with van der Waals surface area (Å²) >= 11 is 0. The van der Waals surface area contributed by atoms with Gasteiger partial charge in [-0.3, -0.25) is 14.4 Å². The molecule has 18 heavy (non-hydrogen) atoms. The van der Waals surface area contributed by atoms with Crippen molar-refractivity contribution in [3.8, 4) is 0 Å². The van der Waals surface area contributed by atoms with Gasteiger partial charge in [0.25, 0.3) is 0 Å². The summed E-state index contributed by atoms with van der Waals surface area (Å²) in [7, 11) is -0.748. The Labute approximate surface area is 108 Å². The molecule has 0 bridgehead atoms. The van der Waals surface area contributed by atoms with Gasteiger partial charge in [-0.25, -0.2) is 0 Å². The van der Waals surface area contributed by atoms with Crippen LogP contribution in [-0.2, 0) is 18.4 Å². The molecule has 0 amide bonds. The number of rotatable bonds is 6. The van der Waals surface area contributed by atoms with E-state index >= 15 is 0 Å². The van der Waals surface area contributed by atoms with Crippen LogP contribution < -0.4 is 0 Å². The highest BCUT2D eigenvalue weighted by Gasteiger charge is 2.27. The van der Waals surface area contributed by atoms with Crippen molar-refractivity contribution in [3.63, 3.8) is 0 Å². The van der Waals surface area contributed by atoms with Crippen LogP contribution in [-0.4, -0.2) is 50.0 Å². The Hall–Kier alpha value is -0.710. The Balaban J connectivity index is 2.60. The first-order valence-corrected chi connectivity index (χ1v) is 7.77. The van der Waals surface area contributed by atoms with Crippen molar-refractivity contribution >= 4 is 19.1 Å². The quantitative estimate of drug-likeness (QED) is 0.547. The topological polar surface area (TPSA) is 68.2 Å². The summed E-state index contributed by atoms with van der Waals surface area (Å²) in [5, 5.41) is 6.15. The first-order chi connectivity index (χ1) is 8.50. The third-order valence-electron chi connectivity index (χ3n) is 2.92. The first kappa shape index (κ1) is 15.3. The van der Waals surface area contributed by atoms with Crippen molar-refractivity contribution in [2.45, 2.75) is 26.2 Å². The van der Waals surface area contributed by atoms with Crippen molar-refractivity contribution in [1.82, 2.24) is 5.01 Å². The predicted molar refractivity (Wildman–Crippen MR) is 70.0 cm³/mol. The minimum absolute atomic E-state index is 0.261. The summed E-state index contributed by atoms with van der Waals surface area (Å²) in [5.74, 6) is -0.299. The van der Waals surface area contributed by atoms with E-state index in [0.29, 0.717) is 5.71 Å². The molecule has 0 spiro atoms. The molecular weight excluding hydrogens is 255 g/mol. The third kappa shape index (κ3) is 4.52. The molecule has 0 atom stereocenters. The van der Waals surface area contributed by atoms with Crippen LogP contribution in [0.1, 0.15) is 26.2 Å². The summed E-state index contributed by atoms with van der Waals surface area (Å²) in [6.45, 7) is 3.38.